The third-order valence-corrected chi connectivity index (χ3v) is 4.42. The quantitative estimate of drug-likeness (QED) is 0.832. The molecule has 1 N–H and O–H groups in total. The summed E-state index contributed by atoms with van der Waals surface area (Å²) in [5, 5.41) is 6.17. The molecule has 2 aromatic heterocycles. The summed E-state index contributed by atoms with van der Waals surface area (Å²) >= 11 is 3.35. The maximum absolute atomic E-state index is 11.0. The zero-order valence-corrected chi connectivity index (χ0v) is 12.6. The Labute approximate surface area is 120 Å². The first-order chi connectivity index (χ1) is 9.17. The minimum absolute atomic E-state index is 0.198. The highest BCUT2D eigenvalue weighted by Crippen LogP contribution is 2.20. The fourth-order valence-electron chi connectivity index (χ4n) is 1.58. The molecule has 19 heavy (non-hydrogen) atoms. The van der Waals surface area contributed by atoms with Crippen LogP contribution in [-0.2, 0) is 22.5 Å². The first kappa shape index (κ1) is 14.0. The fraction of sp³-hybridized carbons (Fsp3) is 0.385. The lowest BCUT2D eigenvalue weighted by molar-refractivity contribution is -0.140. The van der Waals surface area contributed by atoms with Crippen molar-refractivity contribution in [2.24, 2.45) is 0 Å². The number of hydrogen-bond acceptors (Lipinski definition) is 6. The molecule has 0 aliphatic carbocycles. The predicted octanol–water partition coefficient (Wildman–Crippen LogP) is 3.23. The fourth-order valence-corrected chi connectivity index (χ4v) is 3.15. The molecule has 0 amide bonds. The van der Waals surface area contributed by atoms with Crippen molar-refractivity contribution in [2.45, 2.75) is 26.3 Å². The number of aromatic nitrogens is 1. The van der Waals surface area contributed by atoms with E-state index >= 15 is 0 Å². The van der Waals surface area contributed by atoms with E-state index in [0.29, 0.717) is 12.8 Å². The molecule has 0 atom stereocenters. The van der Waals surface area contributed by atoms with Crippen molar-refractivity contribution >= 4 is 33.8 Å². The standard InChI is InChI=1S/C13H16N2O2S2/c1-9-3-5-11(19-9)7-14-13-15-10(8-18-13)4-6-12(16)17-2/h3,5,8H,4,6-7H2,1-2H3,(H,14,15). The van der Waals surface area contributed by atoms with Crippen LogP contribution in [0.1, 0.15) is 21.9 Å². The minimum atomic E-state index is -0.198. The number of ether oxygens (including phenoxy) is 1. The number of nitrogens with zero attached hydrogens (tertiary/aromatic N) is 1. The summed E-state index contributed by atoms with van der Waals surface area (Å²) in [6, 6.07) is 4.24. The number of esters is 1. The minimum Gasteiger partial charge on any atom is -0.469 e. The lowest BCUT2D eigenvalue weighted by Crippen LogP contribution is -2.02. The van der Waals surface area contributed by atoms with Gasteiger partial charge in [-0.2, -0.15) is 0 Å². The van der Waals surface area contributed by atoms with Gasteiger partial charge in [-0.25, -0.2) is 4.98 Å². The van der Waals surface area contributed by atoms with Crippen LogP contribution in [0.3, 0.4) is 0 Å². The maximum Gasteiger partial charge on any atom is 0.305 e. The van der Waals surface area contributed by atoms with Gasteiger partial charge < -0.3 is 10.1 Å². The average molecular weight is 296 g/mol. The highest BCUT2D eigenvalue weighted by molar-refractivity contribution is 7.13. The molecule has 0 aliphatic rings. The van der Waals surface area contributed by atoms with Crippen LogP contribution < -0.4 is 5.32 Å². The van der Waals surface area contributed by atoms with Gasteiger partial charge >= 0.3 is 5.97 Å². The zero-order chi connectivity index (χ0) is 13.7. The first-order valence-electron chi connectivity index (χ1n) is 5.98. The van der Waals surface area contributed by atoms with Crippen LogP contribution in [0.5, 0.6) is 0 Å². The summed E-state index contributed by atoms with van der Waals surface area (Å²) in [7, 11) is 1.40. The number of thiophene rings is 1. The van der Waals surface area contributed by atoms with Crippen molar-refractivity contribution in [3.8, 4) is 0 Å². The summed E-state index contributed by atoms with van der Waals surface area (Å²) in [5.74, 6) is -0.198. The van der Waals surface area contributed by atoms with Crippen LogP contribution in [0.4, 0.5) is 5.13 Å². The average Bonchev–Trinajstić information content (AvgIpc) is 3.02. The number of aryl methyl sites for hydroxylation is 2. The largest absolute Gasteiger partial charge is 0.469 e. The molecule has 0 unspecified atom stereocenters. The molecule has 0 bridgehead atoms. The molecule has 0 aliphatic heterocycles. The van der Waals surface area contributed by atoms with E-state index in [0.717, 1.165) is 17.4 Å². The number of carbonyl (C=O) groups is 1. The maximum atomic E-state index is 11.0. The van der Waals surface area contributed by atoms with E-state index in [9.17, 15) is 4.79 Å². The molecule has 4 nitrogen and oxygen atoms in total. The Morgan fingerprint density at radius 1 is 1.47 bits per heavy atom. The van der Waals surface area contributed by atoms with Crippen molar-refractivity contribution in [3.05, 3.63) is 33.0 Å². The van der Waals surface area contributed by atoms with E-state index in [-0.39, 0.29) is 5.97 Å². The summed E-state index contributed by atoms with van der Waals surface area (Å²) in [6.45, 7) is 2.89. The third-order valence-electron chi connectivity index (χ3n) is 2.57. The summed E-state index contributed by atoms with van der Waals surface area (Å²) in [6.07, 6.45) is 1.01. The molecule has 6 heteroatoms. The van der Waals surface area contributed by atoms with Gasteiger partial charge in [0.1, 0.15) is 0 Å². The smallest absolute Gasteiger partial charge is 0.305 e. The van der Waals surface area contributed by atoms with E-state index in [1.54, 1.807) is 22.7 Å². The van der Waals surface area contributed by atoms with Crippen LogP contribution in [0.25, 0.3) is 0 Å². The Morgan fingerprint density at radius 2 is 2.32 bits per heavy atom. The SMILES string of the molecule is COC(=O)CCc1csc(NCc2ccc(C)s2)n1. The van der Waals surface area contributed by atoms with Gasteiger partial charge in [-0.1, -0.05) is 0 Å². The second-order valence-corrected chi connectivity index (χ2v) is 6.32. The van der Waals surface area contributed by atoms with Gasteiger partial charge in [-0.3, -0.25) is 4.79 Å². The van der Waals surface area contributed by atoms with Crippen LogP contribution in [0.15, 0.2) is 17.5 Å². The van der Waals surface area contributed by atoms with E-state index < -0.39 is 0 Å². The highest BCUT2D eigenvalue weighted by Gasteiger charge is 2.06. The molecule has 2 aromatic rings. The van der Waals surface area contributed by atoms with Gasteiger partial charge in [0.15, 0.2) is 5.13 Å². The lowest BCUT2D eigenvalue weighted by Gasteiger charge is -1.99. The van der Waals surface area contributed by atoms with E-state index in [1.807, 2.05) is 5.38 Å². The van der Waals surface area contributed by atoms with Gasteiger partial charge in [-0.15, -0.1) is 22.7 Å². The summed E-state index contributed by atoms with van der Waals surface area (Å²) in [4.78, 5) is 18.1. The zero-order valence-electron chi connectivity index (χ0n) is 10.9. The van der Waals surface area contributed by atoms with Gasteiger partial charge in [0.25, 0.3) is 0 Å². The molecule has 0 saturated heterocycles. The number of rotatable bonds is 6. The van der Waals surface area contributed by atoms with Crippen molar-refractivity contribution in [2.75, 3.05) is 12.4 Å². The monoisotopic (exact) mass is 296 g/mol. The number of anilines is 1. The number of hydrogen-bond donors (Lipinski definition) is 1. The summed E-state index contributed by atoms with van der Waals surface area (Å²) in [5.41, 5.74) is 0.931. The molecule has 0 fully saturated rings. The number of nitrogens with one attached hydrogen (secondary N) is 1. The Hall–Kier alpha value is -1.40. The van der Waals surface area contributed by atoms with E-state index in [4.69, 9.17) is 0 Å². The Bertz CT molecular complexity index is 548. The van der Waals surface area contributed by atoms with Crippen LogP contribution in [0, 0.1) is 6.92 Å². The predicted molar refractivity (Wildman–Crippen MR) is 78.8 cm³/mol. The second kappa shape index (κ2) is 6.68. The molecule has 102 valence electrons. The van der Waals surface area contributed by atoms with Crippen LogP contribution in [0.2, 0.25) is 0 Å². The topological polar surface area (TPSA) is 51.2 Å². The van der Waals surface area contributed by atoms with Crippen LogP contribution >= 0.6 is 22.7 Å². The molecule has 0 spiro atoms. The molecule has 2 heterocycles. The molecular weight excluding hydrogens is 280 g/mol. The molecular formula is C13H16N2O2S2. The Morgan fingerprint density at radius 3 is 3.00 bits per heavy atom. The van der Waals surface area contributed by atoms with E-state index in [1.165, 1.54) is 16.9 Å². The van der Waals surface area contributed by atoms with Gasteiger partial charge in [0.05, 0.1) is 25.8 Å². The molecule has 0 aromatic carbocycles. The van der Waals surface area contributed by atoms with Crippen LogP contribution in [-0.4, -0.2) is 18.1 Å². The van der Waals surface area contributed by atoms with Crippen molar-refractivity contribution in [1.82, 2.24) is 4.98 Å². The molecule has 2 rings (SSSR count). The van der Waals surface area contributed by atoms with Crippen molar-refractivity contribution < 1.29 is 9.53 Å². The molecule has 0 saturated carbocycles. The Kier molecular flexibility index (Phi) is 4.93. The van der Waals surface area contributed by atoms with E-state index in [2.05, 4.69) is 34.1 Å². The van der Waals surface area contributed by atoms with Gasteiger partial charge in [-0.05, 0) is 19.1 Å². The normalized spacial score (nSPS) is 10.4. The lowest BCUT2D eigenvalue weighted by atomic mass is 10.2. The van der Waals surface area contributed by atoms with Gasteiger partial charge in [0.2, 0.25) is 0 Å². The summed E-state index contributed by atoms with van der Waals surface area (Å²) < 4.78 is 4.61. The second-order valence-electron chi connectivity index (χ2n) is 4.09. The highest BCUT2D eigenvalue weighted by atomic mass is 32.1. The molecule has 0 radical (unpaired) electrons. The first-order valence-corrected chi connectivity index (χ1v) is 7.67. The van der Waals surface area contributed by atoms with Crippen molar-refractivity contribution in [1.29, 1.82) is 0 Å². The Balaban J connectivity index is 1.82. The number of thiazole rings is 1. The number of carbonyl (C=O) groups excluding carboxylic acids is 1. The number of methoxy groups -OCH3 is 1. The van der Waals surface area contributed by atoms with Crippen molar-refractivity contribution in [3.63, 3.8) is 0 Å². The van der Waals surface area contributed by atoms with Gasteiger partial charge in [0, 0.05) is 21.6 Å². The third kappa shape index (κ3) is 4.33.